The van der Waals surface area contributed by atoms with E-state index in [-0.39, 0.29) is 35.0 Å². The lowest BCUT2D eigenvalue weighted by Crippen LogP contribution is -2.54. The Morgan fingerprint density at radius 3 is 1.61 bits per heavy atom. The molecule has 22 heteroatoms. The van der Waals surface area contributed by atoms with Gasteiger partial charge in [-0.3, -0.25) is 25.2 Å². The zero-order valence-electron chi connectivity index (χ0n) is 33.4. The van der Waals surface area contributed by atoms with Gasteiger partial charge >= 0.3 is 0 Å². The predicted molar refractivity (Wildman–Crippen MR) is 224 cm³/mol. The van der Waals surface area contributed by atoms with Gasteiger partial charge in [-0.25, -0.2) is 9.97 Å². The SMILES string of the molecule is N=C(NCCCCc1ccc(-c2ccc(CCCNC(=O)CN(C[C@H](O)[C@@H](O)[C@H](O)[C@H](O)CO)C[C@H](O)[C@@H](O)[C@H](O)[C@H](O)CO)cc2)cc1)NC(=O)c1nc(Cl)c(N)nc1N. The molecule has 0 saturated carbocycles. The van der Waals surface area contributed by atoms with Gasteiger partial charge in [0.2, 0.25) is 5.91 Å². The molecule has 0 aliphatic heterocycles. The maximum Gasteiger partial charge on any atom is 0.280 e. The molecule has 0 fully saturated rings. The van der Waals surface area contributed by atoms with Crippen molar-refractivity contribution < 1.29 is 60.7 Å². The van der Waals surface area contributed by atoms with Gasteiger partial charge in [-0.1, -0.05) is 60.1 Å². The zero-order valence-corrected chi connectivity index (χ0v) is 34.1. The van der Waals surface area contributed by atoms with Crippen molar-refractivity contribution >= 4 is 41.0 Å². The molecule has 3 aromatic rings. The number of nitrogens with one attached hydrogen (secondary N) is 4. The van der Waals surface area contributed by atoms with Gasteiger partial charge in [-0.15, -0.1) is 0 Å². The van der Waals surface area contributed by atoms with Crippen molar-refractivity contribution in [3.8, 4) is 11.1 Å². The van der Waals surface area contributed by atoms with Crippen LogP contribution in [-0.2, 0) is 17.6 Å². The van der Waals surface area contributed by atoms with E-state index in [1.807, 2.05) is 48.5 Å². The molecule has 18 N–H and O–H groups in total. The van der Waals surface area contributed by atoms with Gasteiger partial charge < -0.3 is 73.2 Å². The van der Waals surface area contributed by atoms with E-state index in [9.17, 15) is 50.4 Å². The average molecular weight is 880 g/mol. The highest BCUT2D eigenvalue weighted by atomic mass is 35.5. The first-order valence-corrected chi connectivity index (χ1v) is 19.9. The lowest BCUT2D eigenvalue weighted by atomic mass is 9.99. The van der Waals surface area contributed by atoms with Crippen molar-refractivity contribution in [1.82, 2.24) is 30.8 Å². The number of aliphatic hydroxyl groups excluding tert-OH is 10. The highest BCUT2D eigenvalue weighted by molar-refractivity contribution is 6.31. The van der Waals surface area contributed by atoms with Crippen LogP contribution in [-0.4, -0.2) is 178 Å². The Bertz CT molecular complexity index is 1800. The summed E-state index contributed by atoms with van der Waals surface area (Å²) in [5.41, 5.74) is 15.2. The number of nitrogens with two attached hydrogens (primary N) is 2. The molecule has 1 aromatic heterocycles. The number of nitrogen functional groups attached to an aromatic ring is 2. The molecule has 21 nitrogen and oxygen atoms in total. The van der Waals surface area contributed by atoms with E-state index in [4.69, 9.17) is 38.7 Å². The summed E-state index contributed by atoms with van der Waals surface area (Å²) in [6.45, 7) is -2.72. The van der Waals surface area contributed by atoms with Crippen LogP contribution in [0.4, 0.5) is 11.6 Å². The number of hydrogen-bond donors (Lipinski definition) is 16. The van der Waals surface area contributed by atoms with E-state index < -0.39 is 93.5 Å². The molecule has 61 heavy (non-hydrogen) atoms. The summed E-state index contributed by atoms with van der Waals surface area (Å²) in [5, 5.41) is 115. The number of benzene rings is 2. The third-order valence-corrected chi connectivity index (χ3v) is 9.94. The molecule has 338 valence electrons. The maximum absolute atomic E-state index is 12.9. The molecule has 0 aliphatic carbocycles. The molecule has 0 unspecified atom stereocenters. The molecule has 3 rings (SSSR count). The van der Waals surface area contributed by atoms with Crippen LogP contribution in [0.1, 0.15) is 40.9 Å². The number of guanidine groups is 1. The van der Waals surface area contributed by atoms with E-state index in [2.05, 4.69) is 25.9 Å². The largest absolute Gasteiger partial charge is 0.394 e. The van der Waals surface area contributed by atoms with Gasteiger partial charge in [0.25, 0.3) is 5.91 Å². The first kappa shape index (κ1) is 50.7. The first-order valence-electron chi connectivity index (χ1n) is 19.5. The van der Waals surface area contributed by atoms with Crippen LogP contribution < -0.4 is 27.4 Å². The molecule has 0 radical (unpaired) electrons. The van der Waals surface area contributed by atoms with Gasteiger partial charge in [0, 0.05) is 26.2 Å². The summed E-state index contributed by atoms with van der Waals surface area (Å²) in [5.74, 6) is -1.82. The number of carbonyl (C=O) groups excluding carboxylic acids is 2. The standard InChI is InChI=1S/C39H58ClN9O12/c40-35-37(42)47-36(41)30(46-35)38(61)48-39(43)45-14-2-1-4-21-6-10-23(11-7-21)24-12-8-22(9-13-24)5-3-15-44-29(56)18-49(16-25(52)31(57)33(59)27(54)19-50)17-26(53)32(58)34(60)28(55)20-51/h6-13,25-28,31-34,50-55,57-60H,1-5,14-20H2,(H,44,56)(H4,41,42,47)(H3,43,45,48,61)/t25-,26-,27+,28+,31+,32+,33+,34+/m0/s1. The number of carbonyl (C=O) groups is 2. The fraction of sp³-hybridized carbons (Fsp3) is 0.513. The van der Waals surface area contributed by atoms with Gasteiger partial charge in [-0.05, 0) is 54.4 Å². The Morgan fingerprint density at radius 2 is 1.11 bits per heavy atom. The lowest BCUT2D eigenvalue weighted by Gasteiger charge is -2.33. The van der Waals surface area contributed by atoms with Crippen molar-refractivity contribution in [2.24, 2.45) is 0 Å². The number of halogens is 1. The Balaban J connectivity index is 1.42. The minimum atomic E-state index is -1.97. The summed E-state index contributed by atoms with van der Waals surface area (Å²) < 4.78 is 0. The number of nitrogens with zero attached hydrogens (tertiary/aromatic N) is 3. The monoisotopic (exact) mass is 879 g/mol. The normalized spacial score (nSPS) is 15.5. The molecule has 2 amide bonds. The Hall–Kier alpha value is -4.62. The predicted octanol–water partition coefficient (Wildman–Crippen LogP) is -3.54. The van der Waals surface area contributed by atoms with Crippen LogP contribution in [0.5, 0.6) is 0 Å². The van der Waals surface area contributed by atoms with Crippen LogP contribution in [0.3, 0.4) is 0 Å². The lowest BCUT2D eigenvalue weighted by molar-refractivity contribution is -0.135. The average Bonchev–Trinajstić information content (AvgIpc) is 3.24. The molecule has 0 spiro atoms. The van der Waals surface area contributed by atoms with E-state index in [1.165, 1.54) is 0 Å². The molecular formula is C39H58ClN9O12. The summed E-state index contributed by atoms with van der Waals surface area (Å²) in [6.07, 6.45) is -11.4. The fourth-order valence-electron chi connectivity index (χ4n) is 6.08. The zero-order chi connectivity index (χ0) is 45.2. The van der Waals surface area contributed by atoms with Crippen molar-refractivity contribution in [2.45, 2.75) is 80.9 Å². The number of unbranched alkanes of at least 4 members (excludes halogenated alkanes) is 1. The van der Waals surface area contributed by atoms with E-state index in [0.717, 1.165) is 46.4 Å². The summed E-state index contributed by atoms with van der Waals surface area (Å²) >= 11 is 5.81. The van der Waals surface area contributed by atoms with Crippen LogP contribution in [0.25, 0.3) is 11.1 Å². The highest BCUT2D eigenvalue weighted by Gasteiger charge is 2.35. The number of aliphatic hydroxyl groups is 10. The number of anilines is 2. The molecule has 8 atom stereocenters. The second-order valence-electron chi connectivity index (χ2n) is 14.5. The molecular weight excluding hydrogens is 822 g/mol. The smallest absolute Gasteiger partial charge is 0.280 e. The molecule has 0 bridgehead atoms. The number of aryl methyl sites for hydroxylation is 2. The second kappa shape index (κ2) is 25.3. The van der Waals surface area contributed by atoms with Gasteiger partial charge in [0.05, 0.1) is 32.0 Å². The third kappa shape index (κ3) is 16.3. The Kier molecular flexibility index (Phi) is 21.1. The maximum atomic E-state index is 12.9. The number of aromatic nitrogens is 2. The quantitative estimate of drug-likeness (QED) is 0.0223. The van der Waals surface area contributed by atoms with E-state index in [1.54, 1.807) is 0 Å². The second-order valence-corrected chi connectivity index (χ2v) is 14.8. The van der Waals surface area contributed by atoms with Crippen molar-refractivity contribution in [1.29, 1.82) is 5.41 Å². The topological polar surface area (TPSA) is 377 Å². The minimum absolute atomic E-state index is 0.103. The fourth-order valence-corrected chi connectivity index (χ4v) is 6.20. The molecule has 0 aliphatic rings. The molecule has 1 heterocycles. The van der Waals surface area contributed by atoms with Crippen LogP contribution in [0.15, 0.2) is 48.5 Å². The van der Waals surface area contributed by atoms with Crippen molar-refractivity contribution in [3.63, 3.8) is 0 Å². The Morgan fingerprint density at radius 1 is 0.656 bits per heavy atom. The van der Waals surface area contributed by atoms with E-state index >= 15 is 0 Å². The molecule has 0 saturated heterocycles. The highest BCUT2D eigenvalue weighted by Crippen LogP contribution is 2.22. The van der Waals surface area contributed by atoms with E-state index in [0.29, 0.717) is 19.4 Å². The van der Waals surface area contributed by atoms with Crippen LogP contribution in [0, 0.1) is 5.41 Å². The van der Waals surface area contributed by atoms with Crippen LogP contribution in [0.2, 0.25) is 5.15 Å². The number of rotatable bonds is 25. The van der Waals surface area contributed by atoms with Crippen molar-refractivity contribution in [3.05, 3.63) is 70.5 Å². The van der Waals surface area contributed by atoms with Crippen LogP contribution >= 0.6 is 11.6 Å². The third-order valence-electron chi connectivity index (χ3n) is 9.67. The van der Waals surface area contributed by atoms with Gasteiger partial charge in [-0.2, -0.15) is 0 Å². The summed E-state index contributed by atoms with van der Waals surface area (Å²) in [7, 11) is 0. The summed E-state index contributed by atoms with van der Waals surface area (Å²) in [4.78, 5) is 33.9. The summed E-state index contributed by atoms with van der Waals surface area (Å²) in [6, 6.07) is 16.1. The number of hydrogen-bond acceptors (Lipinski definition) is 18. The van der Waals surface area contributed by atoms with Gasteiger partial charge in [0.1, 0.15) is 36.6 Å². The Labute approximate surface area is 357 Å². The number of amides is 2. The van der Waals surface area contributed by atoms with Crippen molar-refractivity contribution in [2.75, 3.05) is 57.4 Å². The minimum Gasteiger partial charge on any atom is -0.394 e. The first-order chi connectivity index (χ1) is 28.9. The molecule has 2 aromatic carbocycles. The van der Waals surface area contributed by atoms with Gasteiger partial charge in [0.15, 0.2) is 28.4 Å².